The summed E-state index contributed by atoms with van der Waals surface area (Å²) in [6.07, 6.45) is 1.50. The van der Waals surface area contributed by atoms with Crippen LogP contribution >= 0.6 is 11.6 Å². The summed E-state index contributed by atoms with van der Waals surface area (Å²) in [4.78, 5) is 29.5. The number of carboxylic acid groups (broad SMARTS) is 1. The van der Waals surface area contributed by atoms with Crippen molar-refractivity contribution in [2.45, 2.75) is 6.92 Å². The van der Waals surface area contributed by atoms with E-state index in [0.717, 1.165) is 11.3 Å². The quantitative estimate of drug-likeness (QED) is 0.700. The Balaban J connectivity index is 2.12. The average molecular weight is 384 g/mol. The molecule has 2 N–H and O–H groups in total. The van der Waals surface area contributed by atoms with Gasteiger partial charge in [-0.05, 0) is 36.8 Å². The molecule has 0 aliphatic rings. The molecule has 0 spiro atoms. The summed E-state index contributed by atoms with van der Waals surface area (Å²) in [5.74, 6) is -0.630. The second kappa shape index (κ2) is 7.25. The molecule has 2 aromatic carbocycles. The van der Waals surface area contributed by atoms with E-state index in [2.05, 4.69) is 10.3 Å². The van der Waals surface area contributed by atoms with E-state index >= 15 is 0 Å². The highest BCUT2D eigenvalue weighted by atomic mass is 35.5. The van der Waals surface area contributed by atoms with E-state index in [1.54, 1.807) is 38.4 Å². The maximum absolute atomic E-state index is 12.5. The van der Waals surface area contributed by atoms with Gasteiger partial charge in [0.05, 0.1) is 11.1 Å². The molecule has 0 saturated heterocycles. The van der Waals surface area contributed by atoms with Gasteiger partial charge in [-0.15, -0.1) is 0 Å². The summed E-state index contributed by atoms with van der Waals surface area (Å²) < 4.78 is 0. The van der Waals surface area contributed by atoms with Gasteiger partial charge < -0.3 is 15.3 Å². The zero-order valence-corrected chi connectivity index (χ0v) is 15.8. The predicted octanol–water partition coefficient (Wildman–Crippen LogP) is 4.34. The molecule has 0 bridgehead atoms. The van der Waals surface area contributed by atoms with Crippen molar-refractivity contribution in [1.82, 2.24) is 9.88 Å². The van der Waals surface area contributed by atoms with Crippen molar-refractivity contribution in [2.75, 3.05) is 19.4 Å². The normalized spacial score (nSPS) is 10.7. The smallest absolute Gasteiger partial charge is 0.335 e. The number of amides is 1. The first-order chi connectivity index (χ1) is 12.8. The van der Waals surface area contributed by atoms with Crippen LogP contribution in [0.3, 0.4) is 0 Å². The van der Waals surface area contributed by atoms with E-state index in [-0.39, 0.29) is 11.5 Å². The van der Waals surface area contributed by atoms with Crippen molar-refractivity contribution in [1.29, 1.82) is 0 Å². The highest BCUT2D eigenvalue weighted by Gasteiger charge is 2.18. The third-order valence-electron chi connectivity index (χ3n) is 4.22. The summed E-state index contributed by atoms with van der Waals surface area (Å²) in [6.45, 7) is 1.81. The number of pyridine rings is 1. The molecule has 0 fully saturated rings. The van der Waals surface area contributed by atoms with Crippen molar-refractivity contribution in [3.05, 3.63) is 64.3 Å². The lowest BCUT2D eigenvalue weighted by molar-refractivity contribution is 0.0696. The van der Waals surface area contributed by atoms with Crippen molar-refractivity contribution >= 4 is 45.8 Å². The van der Waals surface area contributed by atoms with E-state index in [1.165, 1.54) is 17.2 Å². The van der Waals surface area contributed by atoms with Gasteiger partial charge >= 0.3 is 5.97 Å². The molecule has 0 radical (unpaired) electrons. The van der Waals surface area contributed by atoms with Crippen molar-refractivity contribution in [2.24, 2.45) is 0 Å². The molecule has 0 unspecified atom stereocenters. The number of nitrogens with one attached hydrogen (secondary N) is 1. The molecule has 1 aromatic heterocycles. The number of halogens is 1. The number of fused-ring (bicyclic) bond motifs is 1. The predicted molar refractivity (Wildman–Crippen MR) is 106 cm³/mol. The maximum Gasteiger partial charge on any atom is 0.335 e. The Labute approximate surface area is 161 Å². The van der Waals surface area contributed by atoms with Crippen LogP contribution in [0.15, 0.2) is 42.6 Å². The van der Waals surface area contributed by atoms with Gasteiger partial charge in [-0.25, -0.2) is 9.78 Å². The van der Waals surface area contributed by atoms with E-state index in [4.69, 9.17) is 16.7 Å². The van der Waals surface area contributed by atoms with Crippen LogP contribution in [0.5, 0.6) is 0 Å². The van der Waals surface area contributed by atoms with Gasteiger partial charge in [-0.3, -0.25) is 4.79 Å². The summed E-state index contributed by atoms with van der Waals surface area (Å²) in [5.41, 5.74) is 2.12. The largest absolute Gasteiger partial charge is 0.478 e. The molecule has 0 saturated carbocycles. The molecule has 3 aromatic rings. The molecule has 0 aliphatic carbocycles. The van der Waals surface area contributed by atoms with Crippen molar-refractivity contribution < 1.29 is 14.7 Å². The van der Waals surface area contributed by atoms with Gasteiger partial charge in [0.15, 0.2) is 0 Å². The Kier molecular flexibility index (Phi) is 5.01. The van der Waals surface area contributed by atoms with E-state index < -0.39 is 5.97 Å². The topological polar surface area (TPSA) is 82.5 Å². The third-order valence-corrected chi connectivity index (χ3v) is 4.54. The molecule has 6 nitrogen and oxygen atoms in total. The summed E-state index contributed by atoms with van der Waals surface area (Å²) in [7, 11) is 3.34. The van der Waals surface area contributed by atoms with Crippen LogP contribution in [0.1, 0.15) is 26.3 Å². The number of rotatable bonds is 4. The summed E-state index contributed by atoms with van der Waals surface area (Å²) >= 11 is 6.38. The van der Waals surface area contributed by atoms with Gasteiger partial charge in [0, 0.05) is 41.8 Å². The van der Waals surface area contributed by atoms with Crippen LogP contribution in [0.25, 0.3) is 10.8 Å². The molecule has 1 heterocycles. The molecule has 138 valence electrons. The fraction of sp³-hybridized carbons (Fsp3) is 0.150. The Bertz CT molecular complexity index is 1060. The van der Waals surface area contributed by atoms with Gasteiger partial charge in [0.2, 0.25) is 0 Å². The minimum atomic E-state index is -0.980. The van der Waals surface area contributed by atoms with E-state index in [1.807, 2.05) is 13.0 Å². The van der Waals surface area contributed by atoms with Crippen molar-refractivity contribution in [3.8, 4) is 0 Å². The van der Waals surface area contributed by atoms with Gasteiger partial charge in [0.1, 0.15) is 5.82 Å². The van der Waals surface area contributed by atoms with Crippen molar-refractivity contribution in [3.63, 3.8) is 0 Å². The number of hydrogen-bond acceptors (Lipinski definition) is 4. The molecule has 0 aliphatic heterocycles. The Hall–Kier alpha value is -3.12. The summed E-state index contributed by atoms with van der Waals surface area (Å²) in [5, 5.41) is 14.1. The molecular formula is C20H18ClN3O3. The minimum absolute atomic E-state index is 0.186. The lowest BCUT2D eigenvalue weighted by atomic mass is 10.1. The number of carbonyl (C=O) groups is 2. The maximum atomic E-state index is 12.5. The van der Waals surface area contributed by atoms with Crippen LogP contribution in [0.2, 0.25) is 5.02 Å². The molecule has 27 heavy (non-hydrogen) atoms. The van der Waals surface area contributed by atoms with Crippen LogP contribution in [0.4, 0.5) is 11.5 Å². The molecule has 7 heteroatoms. The number of carbonyl (C=O) groups excluding carboxylic acids is 1. The zero-order valence-electron chi connectivity index (χ0n) is 15.1. The zero-order chi connectivity index (χ0) is 19.7. The van der Waals surface area contributed by atoms with Gasteiger partial charge in [0.25, 0.3) is 5.91 Å². The first kappa shape index (κ1) is 18.7. The molecule has 3 rings (SSSR count). The van der Waals surface area contributed by atoms with Crippen LogP contribution in [-0.4, -0.2) is 41.0 Å². The summed E-state index contributed by atoms with van der Waals surface area (Å²) in [6, 6.07) is 10.2. The SMILES string of the molecule is Cc1cc(C(=O)O)ccc1Nc1ncc(C(=O)N(C)C)c2c(Cl)cccc12. The Morgan fingerprint density at radius 3 is 2.56 bits per heavy atom. The van der Waals surface area contributed by atoms with Gasteiger partial charge in [-0.2, -0.15) is 0 Å². The Morgan fingerprint density at radius 2 is 1.93 bits per heavy atom. The number of anilines is 2. The number of aryl methyl sites for hydroxylation is 1. The molecule has 0 atom stereocenters. The van der Waals surface area contributed by atoms with Gasteiger partial charge in [-0.1, -0.05) is 23.7 Å². The third kappa shape index (κ3) is 3.57. The van der Waals surface area contributed by atoms with Crippen LogP contribution in [-0.2, 0) is 0 Å². The van der Waals surface area contributed by atoms with E-state index in [9.17, 15) is 9.59 Å². The number of aromatic carboxylic acids is 1. The second-order valence-electron chi connectivity index (χ2n) is 6.34. The van der Waals surface area contributed by atoms with Crippen LogP contribution in [0, 0.1) is 6.92 Å². The Morgan fingerprint density at radius 1 is 1.19 bits per heavy atom. The number of carboxylic acids is 1. The average Bonchev–Trinajstić information content (AvgIpc) is 2.63. The van der Waals surface area contributed by atoms with E-state index in [0.29, 0.717) is 27.2 Å². The standard InChI is InChI=1S/C20H18ClN3O3/c1-11-9-12(20(26)27)7-8-16(11)23-18-13-5-4-6-15(21)17(13)14(10-22-18)19(25)24(2)3/h4-10H,1-3H3,(H,22,23)(H,26,27). The lowest BCUT2D eigenvalue weighted by Gasteiger charge is -2.16. The number of hydrogen-bond donors (Lipinski definition) is 2. The number of benzene rings is 2. The lowest BCUT2D eigenvalue weighted by Crippen LogP contribution is -2.22. The minimum Gasteiger partial charge on any atom is -0.478 e. The second-order valence-corrected chi connectivity index (χ2v) is 6.75. The number of aromatic nitrogens is 1. The first-order valence-electron chi connectivity index (χ1n) is 8.19. The highest BCUT2D eigenvalue weighted by molar-refractivity contribution is 6.37. The highest BCUT2D eigenvalue weighted by Crippen LogP contribution is 2.33. The molecule has 1 amide bonds. The molecular weight excluding hydrogens is 366 g/mol. The number of nitrogens with zero attached hydrogens (tertiary/aromatic N) is 2. The van der Waals surface area contributed by atoms with Crippen LogP contribution < -0.4 is 5.32 Å². The monoisotopic (exact) mass is 383 g/mol. The first-order valence-corrected chi connectivity index (χ1v) is 8.57. The fourth-order valence-corrected chi connectivity index (χ4v) is 3.10. The fourth-order valence-electron chi connectivity index (χ4n) is 2.83.